The summed E-state index contributed by atoms with van der Waals surface area (Å²) >= 11 is 0. The van der Waals surface area contributed by atoms with E-state index in [1.165, 1.54) is 66.1 Å². The fourth-order valence-electron chi connectivity index (χ4n) is 7.18. The van der Waals surface area contributed by atoms with Crippen molar-refractivity contribution < 1.29 is 0 Å². The van der Waals surface area contributed by atoms with Crippen molar-refractivity contribution in [3.05, 3.63) is 71.4 Å². The molecule has 29 heavy (non-hydrogen) atoms. The highest BCUT2D eigenvalue weighted by Crippen LogP contribution is 2.55. The van der Waals surface area contributed by atoms with E-state index in [4.69, 9.17) is 0 Å². The van der Waals surface area contributed by atoms with Crippen LogP contribution >= 0.6 is 0 Å². The van der Waals surface area contributed by atoms with Crippen LogP contribution in [0.1, 0.15) is 55.2 Å². The minimum atomic E-state index is 0.425. The summed E-state index contributed by atoms with van der Waals surface area (Å²) in [6.45, 7) is 4.18. The second-order valence-electron chi connectivity index (χ2n) is 10.3. The van der Waals surface area contributed by atoms with E-state index in [9.17, 15) is 0 Å². The van der Waals surface area contributed by atoms with Crippen LogP contribution in [0.2, 0.25) is 0 Å². The average Bonchev–Trinajstić information content (AvgIpc) is 3.05. The molecule has 4 aliphatic carbocycles. The summed E-state index contributed by atoms with van der Waals surface area (Å²) in [5.41, 5.74) is 6.03. The number of hydrogen-bond donors (Lipinski definition) is 1. The monoisotopic (exact) mass is 384 g/mol. The molecule has 2 nitrogen and oxygen atoms in total. The number of para-hydroxylation sites is 1. The Hall–Kier alpha value is -2.06. The first-order chi connectivity index (χ1) is 14.2. The van der Waals surface area contributed by atoms with Gasteiger partial charge in [0.25, 0.3) is 0 Å². The molecule has 0 spiro atoms. The molecule has 2 heteroatoms. The molecule has 0 amide bonds. The van der Waals surface area contributed by atoms with E-state index < -0.39 is 0 Å². The largest absolute Gasteiger partial charge is 0.343 e. The summed E-state index contributed by atoms with van der Waals surface area (Å²) in [7, 11) is 0. The standard InChI is InChI=1S/C27H32N2/c1-19-6-2-3-7-23(19)17-29-18-24(25-8-4-5-9-26(25)29)16-28-27-13-20-10-21(14-27)12-22(11-20)15-27/h2-9,18,20-22,28H,10-17H2,1H3. The first kappa shape index (κ1) is 17.8. The van der Waals surface area contributed by atoms with Crippen LogP contribution in [0.25, 0.3) is 10.9 Å². The number of nitrogens with zero attached hydrogens (tertiary/aromatic N) is 1. The molecule has 4 saturated carbocycles. The maximum absolute atomic E-state index is 4.11. The Morgan fingerprint density at radius 3 is 2.24 bits per heavy atom. The van der Waals surface area contributed by atoms with Gasteiger partial charge in [0.2, 0.25) is 0 Å². The third-order valence-corrected chi connectivity index (χ3v) is 8.17. The number of aryl methyl sites for hydroxylation is 1. The third-order valence-electron chi connectivity index (χ3n) is 8.17. The molecule has 7 rings (SSSR count). The minimum Gasteiger partial charge on any atom is -0.343 e. The molecule has 4 bridgehead atoms. The Morgan fingerprint density at radius 2 is 1.52 bits per heavy atom. The molecule has 2 aromatic carbocycles. The third kappa shape index (κ3) is 3.13. The summed E-state index contributed by atoms with van der Waals surface area (Å²) in [5.74, 6) is 2.99. The zero-order valence-electron chi connectivity index (χ0n) is 17.5. The second kappa shape index (κ2) is 6.74. The van der Waals surface area contributed by atoms with E-state index in [1.807, 2.05) is 0 Å². The predicted octanol–water partition coefficient (Wildman–Crippen LogP) is 6.06. The van der Waals surface area contributed by atoms with Crippen LogP contribution < -0.4 is 5.32 Å². The number of fused-ring (bicyclic) bond motifs is 1. The van der Waals surface area contributed by atoms with Crippen molar-refractivity contribution in [1.29, 1.82) is 0 Å². The van der Waals surface area contributed by atoms with Gasteiger partial charge in [-0.15, -0.1) is 0 Å². The quantitative estimate of drug-likeness (QED) is 0.566. The minimum absolute atomic E-state index is 0.425. The van der Waals surface area contributed by atoms with E-state index >= 15 is 0 Å². The second-order valence-corrected chi connectivity index (χ2v) is 10.3. The lowest BCUT2D eigenvalue weighted by atomic mass is 9.53. The van der Waals surface area contributed by atoms with Gasteiger partial charge in [-0.3, -0.25) is 0 Å². The van der Waals surface area contributed by atoms with E-state index in [0.29, 0.717) is 5.54 Å². The fraction of sp³-hybridized carbons (Fsp3) is 0.481. The van der Waals surface area contributed by atoms with E-state index in [1.54, 1.807) is 0 Å². The van der Waals surface area contributed by atoms with Crippen LogP contribution in [-0.2, 0) is 13.1 Å². The Bertz CT molecular complexity index is 1010. The van der Waals surface area contributed by atoms with Crippen molar-refractivity contribution in [2.45, 2.75) is 64.1 Å². The Balaban J connectivity index is 1.28. The maximum atomic E-state index is 4.11. The Morgan fingerprint density at radius 1 is 0.862 bits per heavy atom. The summed E-state index contributed by atoms with van der Waals surface area (Å²) in [6, 6.07) is 17.7. The average molecular weight is 385 g/mol. The van der Waals surface area contributed by atoms with Gasteiger partial charge in [-0.05, 0) is 86.0 Å². The molecule has 0 radical (unpaired) electrons. The predicted molar refractivity (Wildman–Crippen MR) is 120 cm³/mol. The number of nitrogens with one attached hydrogen (secondary N) is 1. The van der Waals surface area contributed by atoms with Crippen LogP contribution in [0.5, 0.6) is 0 Å². The molecule has 150 valence electrons. The lowest BCUT2D eigenvalue weighted by Gasteiger charge is -2.57. The van der Waals surface area contributed by atoms with E-state index in [0.717, 1.165) is 30.8 Å². The van der Waals surface area contributed by atoms with Crippen LogP contribution in [0.4, 0.5) is 0 Å². The van der Waals surface area contributed by atoms with Gasteiger partial charge in [0.15, 0.2) is 0 Å². The molecule has 0 atom stereocenters. The summed E-state index contributed by atoms with van der Waals surface area (Å²) < 4.78 is 2.45. The van der Waals surface area contributed by atoms with Crippen molar-refractivity contribution in [2.75, 3.05) is 0 Å². The molecule has 0 unspecified atom stereocenters. The van der Waals surface area contributed by atoms with Gasteiger partial charge in [-0.2, -0.15) is 0 Å². The number of rotatable bonds is 5. The van der Waals surface area contributed by atoms with E-state index in [-0.39, 0.29) is 0 Å². The van der Waals surface area contributed by atoms with Crippen molar-refractivity contribution >= 4 is 10.9 Å². The highest BCUT2D eigenvalue weighted by Gasteiger charge is 2.50. The van der Waals surface area contributed by atoms with Gasteiger partial charge in [-0.1, -0.05) is 42.5 Å². The fourth-order valence-corrected chi connectivity index (χ4v) is 7.18. The molecule has 4 fully saturated rings. The molecule has 4 aliphatic rings. The molecule has 1 aromatic heterocycles. The molecular formula is C27H32N2. The van der Waals surface area contributed by atoms with Crippen LogP contribution in [0, 0.1) is 24.7 Å². The number of benzene rings is 2. The maximum Gasteiger partial charge on any atom is 0.0486 e. The van der Waals surface area contributed by atoms with Gasteiger partial charge in [-0.25, -0.2) is 0 Å². The highest BCUT2D eigenvalue weighted by atomic mass is 15.0. The van der Waals surface area contributed by atoms with Gasteiger partial charge in [0, 0.05) is 35.7 Å². The zero-order chi connectivity index (χ0) is 19.4. The van der Waals surface area contributed by atoms with Crippen LogP contribution in [0.3, 0.4) is 0 Å². The summed E-state index contributed by atoms with van der Waals surface area (Å²) in [6.07, 6.45) is 11.2. The van der Waals surface area contributed by atoms with Crippen molar-refractivity contribution in [2.24, 2.45) is 17.8 Å². The molecule has 0 saturated heterocycles. The summed E-state index contributed by atoms with van der Waals surface area (Å²) in [5, 5.41) is 5.53. The van der Waals surface area contributed by atoms with Crippen molar-refractivity contribution in [3.63, 3.8) is 0 Å². The van der Waals surface area contributed by atoms with Gasteiger partial charge in [0.1, 0.15) is 0 Å². The Kier molecular flexibility index (Phi) is 4.13. The Labute approximate surface area is 174 Å². The van der Waals surface area contributed by atoms with Crippen LogP contribution in [0.15, 0.2) is 54.7 Å². The lowest BCUT2D eigenvalue weighted by Crippen LogP contribution is -2.58. The first-order valence-electron chi connectivity index (χ1n) is 11.5. The molecule has 1 N–H and O–H groups in total. The highest BCUT2D eigenvalue weighted by molar-refractivity contribution is 5.84. The van der Waals surface area contributed by atoms with Crippen molar-refractivity contribution in [3.8, 4) is 0 Å². The van der Waals surface area contributed by atoms with Gasteiger partial charge < -0.3 is 9.88 Å². The smallest absolute Gasteiger partial charge is 0.0486 e. The number of aromatic nitrogens is 1. The summed E-state index contributed by atoms with van der Waals surface area (Å²) in [4.78, 5) is 0. The van der Waals surface area contributed by atoms with Crippen molar-refractivity contribution in [1.82, 2.24) is 9.88 Å². The van der Waals surface area contributed by atoms with E-state index in [2.05, 4.69) is 71.5 Å². The topological polar surface area (TPSA) is 17.0 Å². The molecule has 1 heterocycles. The molecular weight excluding hydrogens is 352 g/mol. The first-order valence-corrected chi connectivity index (χ1v) is 11.5. The lowest BCUT2D eigenvalue weighted by molar-refractivity contribution is -0.0205. The SMILES string of the molecule is Cc1ccccc1Cn1cc(CNC23CC4CC(CC(C4)C2)C3)c2ccccc21. The molecule has 3 aromatic rings. The van der Waals surface area contributed by atoms with Crippen LogP contribution in [-0.4, -0.2) is 10.1 Å². The zero-order valence-corrected chi connectivity index (χ0v) is 17.5. The number of hydrogen-bond acceptors (Lipinski definition) is 1. The van der Waals surface area contributed by atoms with Gasteiger partial charge >= 0.3 is 0 Å². The normalized spacial score (nSPS) is 30.3. The van der Waals surface area contributed by atoms with Gasteiger partial charge in [0.05, 0.1) is 0 Å². The molecule has 0 aliphatic heterocycles.